The number of halogens is 1. The molecule has 0 aromatic heterocycles. The van der Waals surface area contributed by atoms with E-state index in [0.29, 0.717) is 12.1 Å². The van der Waals surface area contributed by atoms with E-state index in [4.69, 9.17) is 5.11 Å². The third-order valence-corrected chi connectivity index (χ3v) is 5.05. The van der Waals surface area contributed by atoms with Gasteiger partial charge in [0.2, 0.25) is 10.0 Å². The van der Waals surface area contributed by atoms with Crippen molar-refractivity contribution in [3.05, 3.63) is 30.1 Å². The van der Waals surface area contributed by atoms with Gasteiger partial charge in [-0.1, -0.05) is 0 Å². The summed E-state index contributed by atoms with van der Waals surface area (Å²) in [6.07, 6.45) is 0.572. The average molecular weight is 273 g/mol. The van der Waals surface area contributed by atoms with Crippen molar-refractivity contribution in [1.82, 2.24) is 0 Å². The van der Waals surface area contributed by atoms with Crippen molar-refractivity contribution in [2.75, 3.05) is 10.8 Å². The first-order valence-electron chi connectivity index (χ1n) is 5.43. The predicted molar refractivity (Wildman–Crippen MR) is 63.3 cm³/mol. The van der Waals surface area contributed by atoms with Gasteiger partial charge in [-0.15, -0.1) is 0 Å². The molecule has 18 heavy (non-hydrogen) atoms. The van der Waals surface area contributed by atoms with Gasteiger partial charge in [0.05, 0.1) is 5.69 Å². The van der Waals surface area contributed by atoms with Crippen molar-refractivity contribution in [2.45, 2.75) is 18.1 Å². The van der Waals surface area contributed by atoms with Crippen LogP contribution in [0.4, 0.5) is 10.1 Å². The topological polar surface area (TPSA) is 74.7 Å². The van der Waals surface area contributed by atoms with Crippen LogP contribution in [0, 0.1) is 5.82 Å². The van der Waals surface area contributed by atoms with E-state index in [-0.39, 0.29) is 13.0 Å². The molecule has 1 aromatic carbocycles. The molecule has 1 N–H and O–H groups in total. The fourth-order valence-electron chi connectivity index (χ4n) is 1.98. The first-order valence-corrected chi connectivity index (χ1v) is 6.93. The monoisotopic (exact) mass is 273 g/mol. The molecule has 0 radical (unpaired) electrons. The summed E-state index contributed by atoms with van der Waals surface area (Å²) >= 11 is 0. The van der Waals surface area contributed by atoms with Crippen molar-refractivity contribution < 1.29 is 22.7 Å². The molecule has 1 heterocycles. The van der Waals surface area contributed by atoms with E-state index in [1.807, 2.05) is 0 Å². The fraction of sp³-hybridized carbons (Fsp3) is 0.364. The lowest BCUT2D eigenvalue weighted by Gasteiger charge is -2.31. The summed E-state index contributed by atoms with van der Waals surface area (Å²) in [5.41, 5.74) is 0.294. The molecule has 1 aromatic rings. The van der Waals surface area contributed by atoms with E-state index >= 15 is 0 Å². The van der Waals surface area contributed by atoms with Crippen LogP contribution >= 0.6 is 0 Å². The predicted octanol–water partition coefficient (Wildman–Crippen LogP) is 1.21. The Morgan fingerprint density at radius 3 is 2.50 bits per heavy atom. The zero-order valence-electron chi connectivity index (χ0n) is 9.41. The number of carboxylic acid groups (broad SMARTS) is 1. The number of aliphatic carboxylic acids is 1. The van der Waals surface area contributed by atoms with E-state index in [1.54, 1.807) is 0 Å². The van der Waals surface area contributed by atoms with Gasteiger partial charge in [-0.05, 0) is 37.1 Å². The highest BCUT2D eigenvalue weighted by atomic mass is 32.2. The van der Waals surface area contributed by atoms with Gasteiger partial charge in [0.1, 0.15) is 5.82 Å². The molecule has 1 unspecified atom stereocenters. The Balaban J connectivity index is 2.39. The number of hydrogen-bond donors (Lipinski definition) is 1. The molecular formula is C11H12FNO4S. The highest BCUT2D eigenvalue weighted by Crippen LogP contribution is 2.27. The summed E-state index contributed by atoms with van der Waals surface area (Å²) in [7, 11) is -3.92. The molecule has 1 aliphatic rings. The fourth-order valence-corrected chi connectivity index (χ4v) is 3.81. The van der Waals surface area contributed by atoms with Gasteiger partial charge in [0.15, 0.2) is 5.25 Å². The highest BCUT2D eigenvalue weighted by Gasteiger charge is 2.40. The lowest BCUT2D eigenvalue weighted by atomic mass is 10.2. The van der Waals surface area contributed by atoms with Gasteiger partial charge in [0.25, 0.3) is 0 Å². The highest BCUT2D eigenvalue weighted by molar-refractivity contribution is 7.94. The minimum Gasteiger partial charge on any atom is -0.480 e. The second-order valence-electron chi connectivity index (χ2n) is 4.06. The number of carboxylic acids is 1. The summed E-state index contributed by atoms with van der Waals surface area (Å²) in [6, 6.07) is 4.96. The minimum absolute atomic E-state index is 0.107. The summed E-state index contributed by atoms with van der Waals surface area (Å²) in [5.74, 6) is -1.82. The van der Waals surface area contributed by atoms with Gasteiger partial charge < -0.3 is 5.11 Å². The van der Waals surface area contributed by atoms with Crippen LogP contribution < -0.4 is 4.31 Å². The molecule has 1 aliphatic heterocycles. The Morgan fingerprint density at radius 2 is 1.94 bits per heavy atom. The molecule has 7 heteroatoms. The van der Waals surface area contributed by atoms with Crippen LogP contribution in [0.2, 0.25) is 0 Å². The van der Waals surface area contributed by atoms with Crippen LogP contribution in [-0.2, 0) is 14.8 Å². The first-order chi connectivity index (χ1) is 8.43. The minimum atomic E-state index is -3.92. The maximum atomic E-state index is 12.8. The summed E-state index contributed by atoms with van der Waals surface area (Å²) in [6.45, 7) is 0.220. The number of sulfonamides is 1. The molecule has 2 rings (SSSR count). The van der Waals surface area contributed by atoms with Crippen molar-refractivity contribution in [3.8, 4) is 0 Å². The van der Waals surface area contributed by atoms with Gasteiger partial charge >= 0.3 is 5.97 Å². The van der Waals surface area contributed by atoms with Gasteiger partial charge in [-0.3, -0.25) is 9.10 Å². The number of benzene rings is 1. The number of carbonyl (C=O) groups is 1. The molecular weight excluding hydrogens is 261 g/mol. The van der Waals surface area contributed by atoms with E-state index in [0.717, 1.165) is 16.4 Å². The van der Waals surface area contributed by atoms with E-state index in [2.05, 4.69) is 0 Å². The Labute approximate surface area is 104 Å². The molecule has 0 bridgehead atoms. The van der Waals surface area contributed by atoms with Crippen LogP contribution in [0.3, 0.4) is 0 Å². The van der Waals surface area contributed by atoms with Crippen molar-refractivity contribution in [1.29, 1.82) is 0 Å². The molecule has 1 atom stereocenters. The lowest BCUT2D eigenvalue weighted by Crippen LogP contribution is -2.47. The van der Waals surface area contributed by atoms with Gasteiger partial charge in [0, 0.05) is 6.54 Å². The van der Waals surface area contributed by atoms with Crippen LogP contribution in [0.15, 0.2) is 24.3 Å². The Morgan fingerprint density at radius 1 is 1.33 bits per heavy atom. The second kappa shape index (κ2) is 4.56. The van der Waals surface area contributed by atoms with Crippen LogP contribution in [-0.4, -0.2) is 31.3 Å². The van der Waals surface area contributed by atoms with Crippen molar-refractivity contribution >= 4 is 21.7 Å². The standard InChI is InChI=1S/C11H12FNO4S/c12-8-3-5-9(6-4-8)13-7-1-2-10(11(14)15)18(13,16)17/h3-6,10H,1-2,7H2,(H,14,15). The van der Waals surface area contributed by atoms with Crippen LogP contribution in [0.1, 0.15) is 12.8 Å². The molecule has 0 saturated carbocycles. The number of hydrogen-bond acceptors (Lipinski definition) is 3. The maximum absolute atomic E-state index is 12.8. The van der Waals surface area contributed by atoms with Crippen molar-refractivity contribution in [2.24, 2.45) is 0 Å². The number of nitrogens with zero attached hydrogens (tertiary/aromatic N) is 1. The quantitative estimate of drug-likeness (QED) is 0.878. The zero-order valence-corrected chi connectivity index (χ0v) is 10.2. The van der Waals surface area contributed by atoms with E-state index < -0.39 is 27.1 Å². The third kappa shape index (κ3) is 2.17. The molecule has 1 fully saturated rings. The largest absolute Gasteiger partial charge is 0.480 e. The third-order valence-electron chi connectivity index (χ3n) is 2.88. The molecule has 5 nitrogen and oxygen atoms in total. The van der Waals surface area contributed by atoms with Crippen LogP contribution in [0.5, 0.6) is 0 Å². The Kier molecular flexibility index (Phi) is 3.25. The Bertz CT molecular complexity index is 555. The van der Waals surface area contributed by atoms with Crippen LogP contribution in [0.25, 0.3) is 0 Å². The average Bonchev–Trinajstić information content (AvgIpc) is 2.29. The second-order valence-corrected chi connectivity index (χ2v) is 6.10. The summed E-state index contributed by atoms with van der Waals surface area (Å²) in [4.78, 5) is 10.9. The molecule has 0 aliphatic carbocycles. The first kappa shape index (κ1) is 12.8. The normalized spacial score (nSPS) is 22.7. The lowest BCUT2D eigenvalue weighted by molar-refractivity contribution is -0.136. The summed E-state index contributed by atoms with van der Waals surface area (Å²) in [5, 5.41) is 7.50. The Hall–Kier alpha value is -1.63. The smallest absolute Gasteiger partial charge is 0.323 e. The van der Waals surface area contributed by atoms with Gasteiger partial charge in [-0.2, -0.15) is 0 Å². The molecule has 98 valence electrons. The molecule has 0 spiro atoms. The SMILES string of the molecule is O=C(O)C1CCCN(c2ccc(F)cc2)S1(=O)=O. The zero-order chi connectivity index (χ0) is 13.3. The van der Waals surface area contributed by atoms with Gasteiger partial charge in [-0.25, -0.2) is 12.8 Å². The van der Waals surface area contributed by atoms with E-state index in [1.165, 1.54) is 12.1 Å². The number of rotatable bonds is 2. The van der Waals surface area contributed by atoms with Crippen molar-refractivity contribution in [3.63, 3.8) is 0 Å². The van der Waals surface area contributed by atoms with E-state index in [9.17, 15) is 17.6 Å². The molecule has 0 amide bonds. The molecule has 1 saturated heterocycles. The maximum Gasteiger partial charge on any atom is 0.323 e. The summed E-state index contributed by atoms with van der Waals surface area (Å²) < 4.78 is 38.0. The number of anilines is 1.